The second kappa shape index (κ2) is 6.87. The zero-order valence-corrected chi connectivity index (χ0v) is 12.5. The van der Waals surface area contributed by atoms with Crippen LogP contribution in [0.2, 0.25) is 5.15 Å². The summed E-state index contributed by atoms with van der Waals surface area (Å²) < 4.78 is 0. The molecule has 1 aromatic heterocycles. The lowest BCUT2D eigenvalue weighted by Gasteiger charge is -2.20. The number of amides is 1. The van der Waals surface area contributed by atoms with E-state index in [0.717, 1.165) is 5.69 Å². The predicted octanol–water partition coefficient (Wildman–Crippen LogP) is 2.61. The third-order valence-corrected chi connectivity index (χ3v) is 3.18. The molecule has 0 radical (unpaired) electrons. The third kappa shape index (κ3) is 4.48. The van der Waals surface area contributed by atoms with Gasteiger partial charge < -0.3 is 10.4 Å². The van der Waals surface area contributed by atoms with Gasteiger partial charge in [0, 0.05) is 11.3 Å². The minimum absolute atomic E-state index is 0.0841. The van der Waals surface area contributed by atoms with Gasteiger partial charge in [-0.3, -0.25) is 4.79 Å². The summed E-state index contributed by atoms with van der Waals surface area (Å²) in [5, 5.41) is 12.3. The maximum absolute atomic E-state index is 12.1. The fourth-order valence-electron chi connectivity index (χ4n) is 1.62. The molecule has 0 saturated heterocycles. The maximum Gasteiger partial charge on any atom is 0.251 e. The fraction of sp³-hybridized carbons (Fsp3) is 0.571. The molecule has 0 bridgehead atoms. The minimum Gasteiger partial charge on any atom is -0.394 e. The highest BCUT2D eigenvalue weighted by Gasteiger charge is 2.17. The predicted molar refractivity (Wildman–Crippen MR) is 76.5 cm³/mol. The summed E-state index contributed by atoms with van der Waals surface area (Å²) in [6, 6.07) is 3.01. The number of aliphatic hydroxyl groups is 1. The van der Waals surface area contributed by atoms with Gasteiger partial charge in [0.05, 0.1) is 12.6 Å². The van der Waals surface area contributed by atoms with Crippen LogP contribution in [0.3, 0.4) is 0 Å². The zero-order chi connectivity index (χ0) is 14.6. The molecular weight excluding hydrogens is 264 g/mol. The van der Waals surface area contributed by atoms with Gasteiger partial charge in [-0.25, -0.2) is 4.98 Å². The first-order valence-corrected chi connectivity index (χ1v) is 6.82. The minimum atomic E-state index is -0.262. The van der Waals surface area contributed by atoms with Crippen molar-refractivity contribution in [1.29, 1.82) is 0 Å². The number of rotatable bonds is 5. The summed E-state index contributed by atoms with van der Waals surface area (Å²) in [4.78, 5) is 16.3. The molecule has 1 amide bonds. The van der Waals surface area contributed by atoms with Crippen molar-refractivity contribution in [2.75, 3.05) is 6.61 Å². The quantitative estimate of drug-likeness (QED) is 0.817. The number of carbonyl (C=O) groups is 1. The first-order chi connectivity index (χ1) is 8.85. The maximum atomic E-state index is 12.1. The Labute approximate surface area is 119 Å². The Morgan fingerprint density at radius 2 is 2.00 bits per heavy atom. The van der Waals surface area contributed by atoms with Crippen LogP contribution in [0.15, 0.2) is 12.1 Å². The molecule has 1 heterocycles. The molecule has 0 aliphatic rings. The lowest BCUT2D eigenvalue weighted by Crippen LogP contribution is -2.41. The summed E-state index contributed by atoms with van der Waals surface area (Å²) in [7, 11) is 0. The number of carbonyl (C=O) groups excluding carboxylic acids is 1. The van der Waals surface area contributed by atoms with Crippen LogP contribution in [-0.2, 0) is 0 Å². The number of hydrogen-bond acceptors (Lipinski definition) is 3. The number of nitrogens with zero attached hydrogens (tertiary/aromatic N) is 1. The zero-order valence-electron chi connectivity index (χ0n) is 11.8. The molecule has 1 unspecified atom stereocenters. The Kier molecular flexibility index (Phi) is 5.76. The van der Waals surface area contributed by atoms with E-state index >= 15 is 0 Å². The highest BCUT2D eigenvalue weighted by molar-refractivity contribution is 6.29. The second-order valence-corrected chi connectivity index (χ2v) is 5.65. The van der Waals surface area contributed by atoms with Crippen molar-refractivity contribution in [2.24, 2.45) is 5.92 Å². The first kappa shape index (κ1) is 15.9. The van der Waals surface area contributed by atoms with Crippen LogP contribution in [-0.4, -0.2) is 28.6 Å². The van der Waals surface area contributed by atoms with Crippen LogP contribution in [0.4, 0.5) is 0 Å². The second-order valence-electron chi connectivity index (χ2n) is 5.26. The van der Waals surface area contributed by atoms with Gasteiger partial charge in [0.1, 0.15) is 5.15 Å². The third-order valence-electron chi connectivity index (χ3n) is 2.99. The molecule has 1 aromatic rings. The van der Waals surface area contributed by atoms with Crippen molar-refractivity contribution >= 4 is 17.5 Å². The summed E-state index contributed by atoms with van der Waals surface area (Å²) in [5.74, 6) is 0.124. The van der Waals surface area contributed by atoms with Crippen molar-refractivity contribution in [3.63, 3.8) is 0 Å². The van der Waals surface area contributed by atoms with Crippen molar-refractivity contribution in [1.82, 2.24) is 10.3 Å². The number of pyridine rings is 1. The molecule has 106 valence electrons. The van der Waals surface area contributed by atoms with Gasteiger partial charge in [-0.2, -0.15) is 0 Å². The van der Waals surface area contributed by atoms with E-state index in [1.165, 1.54) is 6.07 Å². The van der Waals surface area contributed by atoms with Crippen molar-refractivity contribution < 1.29 is 9.90 Å². The Morgan fingerprint density at radius 1 is 1.37 bits per heavy atom. The Balaban J connectivity index is 2.93. The highest BCUT2D eigenvalue weighted by Crippen LogP contribution is 2.18. The lowest BCUT2D eigenvalue weighted by atomic mass is 10.0. The lowest BCUT2D eigenvalue weighted by molar-refractivity contribution is 0.0896. The van der Waals surface area contributed by atoms with E-state index in [4.69, 9.17) is 11.6 Å². The normalized spacial score (nSPS) is 12.8. The van der Waals surface area contributed by atoms with E-state index in [0.29, 0.717) is 10.7 Å². The number of aliphatic hydroxyl groups excluding tert-OH is 1. The highest BCUT2D eigenvalue weighted by atomic mass is 35.5. The Bertz CT molecular complexity index is 447. The first-order valence-electron chi connectivity index (χ1n) is 6.44. The molecule has 0 spiro atoms. The van der Waals surface area contributed by atoms with E-state index < -0.39 is 0 Å². The van der Waals surface area contributed by atoms with Gasteiger partial charge >= 0.3 is 0 Å². The van der Waals surface area contributed by atoms with E-state index in [1.807, 2.05) is 27.7 Å². The van der Waals surface area contributed by atoms with Crippen LogP contribution < -0.4 is 5.32 Å². The molecule has 1 atom stereocenters. The van der Waals surface area contributed by atoms with Crippen LogP contribution in [0.25, 0.3) is 0 Å². The molecule has 0 aromatic carbocycles. The van der Waals surface area contributed by atoms with Crippen molar-refractivity contribution in [2.45, 2.75) is 39.7 Å². The van der Waals surface area contributed by atoms with Crippen LogP contribution >= 0.6 is 11.6 Å². The van der Waals surface area contributed by atoms with Crippen molar-refractivity contribution in [3.8, 4) is 0 Å². The summed E-state index contributed by atoms with van der Waals surface area (Å²) in [6.07, 6.45) is 0. The number of nitrogens with one attached hydrogen (secondary N) is 1. The average molecular weight is 285 g/mol. The molecule has 0 aliphatic carbocycles. The van der Waals surface area contributed by atoms with Gasteiger partial charge in [0.2, 0.25) is 0 Å². The van der Waals surface area contributed by atoms with E-state index in [2.05, 4.69) is 10.3 Å². The number of halogens is 1. The van der Waals surface area contributed by atoms with Crippen LogP contribution in [0.1, 0.15) is 49.7 Å². The number of aromatic nitrogens is 1. The average Bonchev–Trinajstić information content (AvgIpc) is 2.34. The summed E-state index contributed by atoms with van der Waals surface area (Å²) in [5.41, 5.74) is 1.26. The van der Waals surface area contributed by atoms with Gasteiger partial charge in [-0.15, -0.1) is 0 Å². The number of hydrogen-bond donors (Lipinski definition) is 2. The Hall–Kier alpha value is -1.13. The summed E-state index contributed by atoms with van der Waals surface area (Å²) >= 11 is 5.93. The topological polar surface area (TPSA) is 62.2 Å². The molecule has 0 aliphatic heterocycles. The van der Waals surface area contributed by atoms with E-state index in [9.17, 15) is 9.90 Å². The van der Waals surface area contributed by atoms with Crippen LogP contribution in [0, 0.1) is 5.92 Å². The van der Waals surface area contributed by atoms with Gasteiger partial charge in [0.25, 0.3) is 5.91 Å². The molecule has 5 heteroatoms. The monoisotopic (exact) mass is 284 g/mol. The van der Waals surface area contributed by atoms with Gasteiger partial charge in [-0.05, 0) is 24.0 Å². The molecule has 1 rings (SSSR count). The molecule has 2 N–H and O–H groups in total. The SMILES string of the molecule is CC(C)c1cc(C(=O)NC(CO)C(C)C)cc(Cl)n1. The summed E-state index contributed by atoms with van der Waals surface area (Å²) in [6.45, 7) is 7.79. The van der Waals surface area contributed by atoms with E-state index in [1.54, 1.807) is 6.07 Å². The molecular formula is C14H21ClN2O2. The molecule has 4 nitrogen and oxygen atoms in total. The van der Waals surface area contributed by atoms with Gasteiger partial charge in [0.15, 0.2) is 0 Å². The largest absolute Gasteiger partial charge is 0.394 e. The fourth-order valence-corrected chi connectivity index (χ4v) is 1.83. The van der Waals surface area contributed by atoms with E-state index in [-0.39, 0.29) is 30.4 Å². The molecule has 0 saturated carbocycles. The van der Waals surface area contributed by atoms with Crippen molar-refractivity contribution in [3.05, 3.63) is 28.5 Å². The molecule has 19 heavy (non-hydrogen) atoms. The Morgan fingerprint density at radius 3 is 2.47 bits per heavy atom. The standard InChI is InChI=1S/C14H21ClN2O2/c1-8(2)11-5-10(6-13(15)16-11)14(19)17-12(7-18)9(3)4/h5-6,8-9,12,18H,7H2,1-4H3,(H,17,19). The molecule has 0 fully saturated rings. The van der Waals surface area contributed by atoms with Gasteiger partial charge in [-0.1, -0.05) is 39.3 Å². The van der Waals surface area contributed by atoms with Crippen LogP contribution in [0.5, 0.6) is 0 Å². The smallest absolute Gasteiger partial charge is 0.251 e.